The number of nitrogens with zero attached hydrogens (tertiary/aromatic N) is 2. The van der Waals surface area contributed by atoms with Crippen LogP contribution in [0, 0.1) is 0 Å². The lowest BCUT2D eigenvalue weighted by molar-refractivity contribution is -0.131. The van der Waals surface area contributed by atoms with Gasteiger partial charge in [0.25, 0.3) is 0 Å². The second kappa shape index (κ2) is 5.46. The van der Waals surface area contributed by atoms with Crippen molar-refractivity contribution < 1.29 is 9.84 Å². The first-order valence-corrected chi connectivity index (χ1v) is 5.90. The number of aliphatic hydroxyl groups excluding tert-OH is 1. The SMILES string of the molecule is CCOC(CC)(CC)C(O)c1nccn1C. The molecule has 0 fully saturated rings. The minimum Gasteiger partial charge on any atom is -0.382 e. The summed E-state index contributed by atoms with van der Waals surface area (Å²) in [6, 6.07) is 0. The van der Waals surface area contributed by atoms with Gasteiger partial charge in [-0.05, 0) is 19.8 Å². The molecule has 0 radical (unpaired) electrons. The minimum absolute atomic E-state index is 0.520. The van der Waals surface area contributed by atoms with Crippen LogP contribution >= 0.6 is 0 Å². The highest BCUT2D eigenvalue weighted by atomic mass is 16.5. The summed E-state index contributed by atoms with van der Waals surface area (Å²) in [5, 5.41) is 10.4. The summed E-state index contributed by atoms with van der Waals surface area (Å²) in [5.41, 5.74) is -0.520. The molecule has 0 aliphatic rings. The third-order valence-electron chi connectivity index (χ3n) is 3.23. The topological polar surface area (TPSA) is 47.3 Å². The Bertz CT molecular complexity index is 319. The van der Waals surface area contributed by atoms with Crippen LogP contribution in [0.1, 0.15) is 45.5 Å². The van der Waals surface area contributed by atoms with E-state index >= 15 is 0 Å². The molecule has 1 atom stereocenters. The average Bonchev–Trinajstić information content (AvgIpc) is 2.71. The number of aromatic nitrogens is 2. The summed E-state index contributed by atoms with van der Waals surface area (Å²) >= 11 is 0. The van der Waals surface area contributed by atoms with Crippen molar-refractivity contribution in [3.63, 3.8) is 0 Å². The van der Waals surface area contributed by atoms with E-state index in [0.717, 1.165) is 12.8 Å². The Kier molecular flexibility index (Phi) is 4.50. The van der Waals surface area contributed by atoms with Crippen molar-refractivity contribution in [3.8, 4) is 0 Å². The molecule has 0 saturated heterocycles. The molecule has 4 heteroatoms. The van der Waals surface area contributed by atoms with E-state index in [1.54, 1.807) is 6.20 Å². The Morgan fingerprint density at radius 2 is 2.06 bits per heavy atom. The molecular formula is C12H22N2O2. The molecule has 0 spiro atoms. The molecular weight excluding hydrogens is 204 g/mol. The molecule has 1 heterocycles. The number of aliphatic hydroxyl groups is 1. The van der Waals surface area contributed by atoms with Gasteiger partial charge in [-0.3, -0.25) is 0 Å². The minimum atomic E-state index is -0.678. The van der Waals surface area contributed by atoms with Crippen LogP contribution in [0.25, 0.3) is 0 Å². The van der Waals surface area contributed by atoms with Crippen LogP contribution in [0.2, 0.25) is 0 Å². The Labute approximate surface area is 97.3 Å². The molecule has 92 valence electrons. The summed E-state index contributed by atoms with van der Waals surface area (Å²) < 4.78 is 7.60. The third kappa shape index (κ3) is 2.28. The van der Waals surface area contributed by atoms with Gasteiger partial charge >= 0.3 is 0 Å². The van der Waals surface area contributed by atoms with Crippen molar-refractivity contribution in [3.05, 3.63) is 18.2 Å². The van der Waals surface area contributed by atoms with Crippen LogP contribution in [0.4, 0.5) is 0 Å². The van der Waals surface area contributed by atoms with Gasteiger partial charge in [-0.25, -0.2) is 4.98 Å². The van der Waals surface area contributed by atoms with Crippen molar-refractivity contribution in [1.29, 1.82) is 0 Å². The van der Waals surface area contributed by atoms with E-state index in [9.17, 15) is 5.11 Å². The fraction of sp³-hybridized carbons (Fsp3) is 0.750. The van der Waals surface area contributed by atoms with Crippen LogP contribution in [-0.4, -0.2) is 26.9 Å². The van der Waals surface area contributed by atoms with E-state index in [4.69, 9.17) is 4.74 Å². The molecule has 1 unspecified atom stereocenters. The Morgan fingerprint density at radius 1 is 1.44 bits per heavy atom. The van der Waals surface area contributed by atoms with Crippen molar-refractivity contribution in [2.24, 2.45) is 7.05 Å². The molecule has 0 aliphatic carbocycles. The first-order valence-electron chi connectivity index (χ1n) is 5.90. The Hall–Kier alpha value is -0.870. The van der Waals surface area contributed by atoms with E-state index in [1.807, 2.05) is 38.6 Å². The quantitative estimate of drug-likeness (QED) is 0.807. The third-order valence-corrected chi connectivity index (χ3v) is 3.23. The molecule has 4 nitrogen and oxygen atoms in total. The highest BCUT2D eigenvalue weighted by Gasteiger charge is 2.38. The van der Waals surface area contributed by atoms with Crippen molar-refractivity contribution >= 4 is 0 Å². The van der Waals surface area contributed by atoms with Crippen molar-refractivity contribution in [1.82, 2.24) is 9.55 Å². The predicted molar refractivity (Wildman–Crippen MR) is 63.1 cm³/mol. The molecule has 0 aliphatic heterocycles. The summed E-state index contributed by atoms with van der Waals surface area (Å²) in [7, 11) is 1.88. The van der Waals surface area contributed by atoms with E-state index in [1.165, 1.54) is 0 Å². The fourth-order valence-corrected chi connectivity index (χ4v) is 2.08. The number of rotatable bonds is 6. The molecule has 0 bridgehead atoms. The first kappa shape index (κ1) is 13.2. The maximum atomic E-state index is 10.4. The standard InChI is InChI=1S/C12H22N2O2/c1-5-12(6-2,16-7-3)10(15)11-13-8-9-14(11)4/h8-10,15H,5-7H2,1-4H3. The summed E-state index contributed by atoms with van der Waals surface area (Å²) in [5.74, 6) is 0.664. The zero-order chi connectivity index (χ0) is 12.2. The monoisotopic (exact) mass is 226 g/mol. The van der Waals surface area contributed by atoms with Crippen LogP contribution in [0.5, 0.6) is 0 Å². The fourth-order valence-electron chi connectivity index (χ4n) is 2.08. The number of hydrogen-bond donors (Lipinski definition) is 1. The van der Waals surface area contributed by atoms with Crippen molar-refractivity contribution in [2.45, 2.75) is 45.3 Å². The summed E-state index contributed by atoms with van der Waals surface area (Å²) in [4.78, 5) is 4.19. The van der Waals surface area contributed by atoms with Gasteiger partial charge in [-0.15, -0.1) is 0 Å². The van der Waals surface area contributed by atoms with Gasteiger partial charge in [0.15, 0.2) is 0 Å². The van der Waals surface area contributed by atoms with Crippen LogP contribution in [0.3, 0.4) is 0 Å². The van der Waals surface area contributed by atoms with Crippen LogP contribution < -0.4 is 0 Å². The highest BCUT2D eigenvalue weighted by Crippen LogP contribution is 2.34. The lowest BCUT2D eigenvalue weighted by atomic mass is 9.89. The largest absolute Gasteiger partial charge is 0.382 e. The van der Waals surface area contributed by atoms with Gasteiger partial charge < -0.3 is 14.4 Å². The van der Waals surface area contributed by atoms with Crippen LogP contribution in [-0.2, 0) is 11.8 Å². The molecule has 0 aromatic carbocycles. The smallest absolute Gasteiger partial charge is 0.141 e. The molecule has 0 saturated carbocycles. The van der Waals surface area contributed by atoms with Gasteiger partial charge in [-0.2, -0.15) is 0 Å². The molecule has 1 N–H and O–H groups in total. The first-order chi connectivity index (χ1) is 7.61. The lowest BCUT2D eigenvalue weighted by Crippen LogP contribution is -2.39. The van der Waals surface area contributed by atoms with E-state index < -0.39 is 11.7 Å². The molecule has 1 rings (SSSR count). The van der Waals surface area contributed by atoms with Gasteiger partial charge in [0.05, 0.1) is 0 Å². The van der Waals surface area contributed by atoms with E-state index in [-0.39, 0.29) is 0 Å². The Morgan fingerprint density at radius 3 is 2.44 bits per heavy atom. The van der Waals surface area contributed by atoms with E-state index in [2.05, 4.69) is 4.98 Å². The zero-order valence-corrected chi connectivity index (χ0v) is 10.6. The predicted octanol–water partition coefficient (Wildman–Crippen LogP) is 2.05. The number of ether oxygens (including phenoxy) is 1. The second-order valence-electron chi connectivity index (χ2n) is 4.00. The van der Waals surface area contributed by atoms with Crippen molar-refractivity contribution in [2.75, 3.05) is 6.61 Å². The second-order valence-corrected chi connectivity index (χ2v) is 4.00. The molecule has 1 aromatic rings. The molecule has 16 heavy (non-hydrogen) atoms. The van der Waals surface area contributed by atoms with Gasteiger partial charge in [0, 0.05) is 26.0 Å². The summed E-state index contributed by atoms with van der Waals surface area (Å²) in [6.45, 7) is 6.62. The van der Waals surface area contributed by atoms with Gasteiger partial charge in [0.2, 0.25) is 0 Å². The normalized spacial score (nSPS) is 14.1. The number of hydrogen-bond acceptors (Lipinski definition) is 3. The van der Waals surface area contributed by atoms with Crippen LogP contribution in [0.15, 0.2) is 12.4 Å². The summed E-state index contributed by atoms with van der Waals surface area (Å²) in [6.07, 6.45) is 4.39. The maximum absolute atomic E-state index is 10.4. The zero-order valence-electron chi connectivity index (χ0n) is 10.6. The number of imidazole rings is 1. The van der Waals surface area contributed by atoms with E-state index in [0.29, 0.717) is 12.4 Å². The maximum Gasteiger partial charge on any atom is 0.141 e. The molecule has 1 aromatic heterocycles. The molecule has 0 amide bonds. The average molecular weight is 226 g/mol. The van der Waals surface area contributed by atoms with Gasteiger partial charge in [0.1, 0.15) is 17.5 Å². The Balaban J connectivity index is 2.99. The number of aryl methyl sites for hydroxylation is 1. The van der Waals surface area contributed by atoms with Gasteiger partial charge in [-0.1, -0.05) is 13.8 Å². The lowest BCUT2D eigenvalue weighted by Gasteiger charge is -2.35. The highest BCUT2D eigenvalue weighted by molar-refractivity contribution is 5.03.